The molecule has 1 aliphatic heterocycles. The summed E-state index contributed by atoms with van der Waals surface area (Å²) in [5.74, 6) is -0.730. The molecule has 0 spiro atoms. The van der Waals surface area contributed by atoms with Crippen LogP contribution in [-0.4, -0.2) is 45.3 Å². The Balaban J connectivity index is 1.70. The SMILES string of the molecule is CC(C)(C)OC(=O)N1CCCC(C(=O)Nn2cnc3ccccc3c2=O)C1. The minimum atomic E-state index is -0.587. The zero-order valence-electron chi connectivity index (χ0n) is 15.8. The second kappa shape index (κ2) is 7.38. The zero-order chi connectivity index (χ0) is 19.6. The van der Waals surface area contributed by atoms with Crippen molar-refractivity contribution < 1.29 is 14.3 Å². The highest BCUT2D eigenvalue weighted by atomic mass is 16.6. The number of nitrogens with zero attached hydrogens (tertiary/aromatic N) is 3. The summed E-state index contributed by atoms with van der Waals surface area (Å²) in [6.07, 6.45) is 2.21. The van der Waals surface area contributed by atoms with Gasteiger partial charge in [-0.3, -0.25) is 15.0 Å². The summed E-state index contributed by atoms with van der Waals surface area (Å²) in [4.78, 5) is 43.1. The topological polar surface area (TPSA) is 93.5 Å². The van der Waals surface area contributed by atoms with Crippen molar-refractivity contribution in [2.75, 3.05) is 18.5 Å². The largest absolute Gasteiger partial charge is 0.444 e. The van der Waals surface area contributed by atoms with E-state index in [4.69, 9.17) is 4.74 Å². The smallest absolute Gasteiger partial charge is 0.410 e. The van der Waals surface area contributed by atoms with Crippen LogP contribution in [0, 0.1) is 5.92 Å². The zero-order valence-corrected chi connectivity index (χ0v) is 15.8. The molecule has 1 atom stereocenters. The van der Waals surface area contributed by atoms with Gasteiger partial charge in [0.25, 0.3) is 5.56 Å². The van der Waals surface area contributed by atoms with Crippen LogP contribution >= 0.6 is 0 Å². The van der Waals surface area contributed by atoms with E-state index in [-0.39, 0.29) is 18.0 Å². The molecule has 0 saturated carbocycles. The number of carbonyl (C=O) groups is 2. The molecule has 27 heavy (non-hydrogen) atoms. The normalized spacial score (nSPS) is 17.6. The van der Waals surface area contributed by atoms with Crippen molar-refractivity contribution in [2.45, 2.75) is 39.2 Å². The van der Waals surface area contributed by atoms with Gasteiger partial charge in [0.2, 0.25) is 5.91 Å². The lowest BCUT2D eigenvalue weighted by atomic mass is 9.98. The molecule has 1 aromatic heterocycles. The molecular weight excluding hydrogens is 348 g/mol. The molecule has 8 heteroatoms. The number of amides is 2. The summed E-state index contributed by atoms with van der Waals surface area (Å²) in [7, 11) is 0. The third-order valence-electron chi connectivity index (χ3n) is 4.34. The van der Waals surface area contributed by atoms with Gasteiger partial charge in [0.15, 0.2) is 0 Å². The van der Waals surface area contributed by atoms with Crippen molar-refractivity contribution in [3.63, 3.8) is 0 Å². The van der Waals surface area contributed by atoms with Crippen molar-refractivity contribution in [1.29, 1.82) is 0 Å². The van der Waals surface area contributed by atoms with Crippen molar-refractivity contribution in [1.82, 2.24) is 14.6 Å². The first-order valence-electron chi connectivity index (χ1n) is 9.00. The second-order valence-corrected chi connectivity index (χ2v) is 7.68. The quantitative estimate of drug-likeness (QED) is 0.871. The average molecular weight is 372 g/mol. The van der Waals surface area contributed by atoms with E-state index in [0.717, 1.165) is 4.68 Å². The van der Waals surface area contributed by atoms with Gasteiger partial charge in [-0.05, 0) is 45.7 Å². The Labute approximate surface area is 157 Å². The van der Waals surface area contributed by atoms with Crippen molar-refractivity contribution in [3.8, 4) is 0 Å². The third-order valence-corrected chi connectivity index (χ3v) is 4.34. The van der Waals surface area contributed by atoms with Gasteiger partial charge < -0.3 is 9.64 Å². The van der Waals surface area contributed by atoms with E-state index < -0.39 is 17.6 Å². The van der Waals surface area contributed by atoms with Crippen LogP contribution in [0.2, 0.25) is 0 Å². The first-order chi connectivity index (χ1) is 12.7. The number of fused-ring (bicyclic) bond motifs is 1. The predicted octanol–water partition coefficient (Wildman–Crippen LogP) is 2.11. The van der Waals surface area contributed by atoms with Crippen LogP contribution < -0.4 is 11.0 Å². The Bertz CT molecular complexity index is 916. The Morgan fingerprint density at radius 3 is 2.74 bits per heavy atom. The fourth-order valence-electron chi connectivity index (χ4n) is 3.04. The summed E-state index contributed by atoms with van der Waals surface area (Å²) in [6.45, 7) is 6.22. The highest BCUT2D eigenvalue weighted by Crippen LogP contribution is 2.19. The number of aromatic nitrogens is 2. The molecule has 1 aliphatic rings. The van der Waals surface area contributed by atoms with E-state index in [9.17, 15) is 14.4 Å². The highest BCUT2D eigenvalue weighted by Gasteiger charge is 2.31. The molecule has 2 amide bonds. The Morgan fingerprint density at radius 2 is 2.00 bits per heavy atom. The van der Waals surface area contributed by atoms with Crippen LogP contribution in [0.5, 0.6) is 0 Å². The Morgan fingerprint density at radius 1 is 1.26 bits per heavy atom. The second-order valence-electron chi connectivity index (χ2n) is 7.68. The summed E-state index contributed by atoms with van der Waals surface area (Å²) in [5.41, 5.74) is 2.25. The highest BCUT2D eigenvalue weighted by molar-refractivity contribution is 5.87. The molecule has 2 heterocycles. The maximum atomic E-state index is 12.6. The van der Waals surface area contributed by atoms with Gasteiger partial charge in [-0.1, -0.05) is 12.1 Å². The summed E-state index contributed by atoms with van der Waals surface area (Å²) in [5, 5.41) is 0.430. The minimum Gasteiger partial charge on any atom is -0.444 e. The van der Waals surface area contributed by atoms with Gasteiger partial charge in [-0.2, -0.15) is 0 Å². The third kappa shape index (κ3) is 4.45. The van der Waals surface area contributed by atoms with Crippen molar-refractivity contribution >= 4 is 22.9 Å². The molecule has 1 N–H and O–H groups in total. The van der Waals surface area contributed by atoms with E-state index >= 15 is 0 Å². The number of carbonyl (C=O) groups excluding carboxylic acids is 2. The maximum Gasteiger partial charge on any atom is 0.410 e. The van der Waals surface area contributed by atoms with Crippen LogP contribution in [0.3, 0.4) is 0 Å². The summed E-state index contributed by atoms with van der Waals surface area (Å²) < 4.78 is 6.48. The molecule has 0 bridgehead atoms. The molecule has 1 aromatic carbocycles. The maximum absolute atomic E-state index is 12.6. The van der Waals surface area contributed by atoms with Crippen LogP contribution in [0.25, 0.3) is 10.9 Å². The van der Waals surface area contributed by atoms with E-state index in [0.29, 0.717) is 30.3 Å². The number of rotatable bonds is 2. The number of piperidine rings is 1. The fraction of sp³-hybridized carbons (Fsp3) is 0.474. The van der Waals surface area contributed by atoms with E-state index in [2.05, 4.69) is 10.4 Å². The molecule has 1 unspecified atom stereocenters. The minimum absolute atomic E-state index is 0.260. The molecule has 0 aliphatic carbocycles. The van der Waals surface area contributed by atoms with Crippen LogP contribution in [0.4, 0.5) is 4.79 Å². The number of hydrogen-bond donors (Lipinski definition) is 1. The van der Waals surface area contributed by atoms with Crippen LogP contribution in [-0.2, 0) is 9.53 Å². The molecule has 1 saturated heterocycles. The number of nitrogens with one attached hydrogen (secondary N) is 1. The average Bonchev–Trinajstić information content (AvgIpc) is 2.63. The molecular formula is C19H24N4O4. The standard InChI is InChI=1S/C19H24N4O4/c1-19(2,3)27-18(26)22-10-6-7-13(11-22)16(24)21-23-12-20-15-9-5-4-8-14(15)17(23)25/h4-5,8-9,12-13H,6-7,10-11H2,1-3H3,(H,21,24). The van der Waals surface area contributed by atoms with Gasteiger partial charge in [0.05, 0.1) is 16.8 Å². The molecule has 144 valence electrons. The van der Waals surface area contributed by atoms with Gasteiger partial charge >= 0.3 is 6.09 Å². The Hall–Kier alpha value is -2.90. The monoisotopic (exact) mass is 372 g/mol. The molecule has 0 radical (unpaired) electrons. The van der Waals surface area contributed by atoms with Gasteiger partial charge in [0, 0.05) is 13.1 Å². The number of hydrogen-bond acceptors (Lipinski definition) is 5. The predicted molar refractivity (Wildman–Crippen MR) is 101 cm³/mol. The number of likely N-dealkylation sites (tertiary alicyclic amines) is 1. The molecule has 1 fully saturated rings. The lowest BCUT2D eigenvalue weighted by Gasteiger charge is -2.33. The summed E-state index contributed by atoms with van der Waals surface area (Å²) >= 11 is 0. The van der Waals surface area contributed by atoms with Gasteiger partial charge in [-0.15, -0.1) is 0 Å². The van der Waals surface area contributed by atoms with E-state index in [1.807, 2.05) is 0 Å². The van der Waals surface area contributed by atoms with Gasteiger partial charge in [-0.25, -0.2) is 14.5 Å². The molecule has 3 rings (SSSR count). The van der Waals surface area contributed by atoms with Crippen LogP contribution in [0.1, 0.15) is 33.6 Å². The molecule has 2 aromatic rings. The Kier molecular flexibility index (Phi) is 5.16. The fourth-order valence-corrected chi connectivity index (χ4v) is 3.04. The van der Waals surface area contributed by atoms with Crippen molar-refractivity contribution in [2.24, 2.45) is 5.92 Å². The van der Waals surface area contributed by atoms with E-state index in [1.165, 1.54) is 6.33 Å². The number of benzene rings is 1. The molecule has 8 nitrogen and oxygen atoms in total. The first kappa shape index (κ1) is 18.9. The van der Waals surface area contributed by atoms with Gasteiger partial charge in [0.1, 0.15) is 11.9 Å². The first-order valence-corrected chi connectivity index (χ1v) is 9.00. The lowest BCUT2D eigenvalue weighted by Crippen LogP contribution is -2.47. The van der Waals surface area contributed by atoms with Crippen LogP contribution in [0.15, 0.2) is 35.4 Å². The lowest BCUT2D eigenvalue weighted by molar-refractivity contribution is -0.122. The number of ether oxygens (including phenoxy) is 1. The summed E-state index contributed by atoms with van der Waals surface area (Å²) in [6, 6.07) is 6.95. The van der Waals surface area contributed by atoms with Crippen molar-refractivity contribution in [3.05, 3.63) is 40.9 Å². The van der Waals surface area contributed by atoms with E-state index in [1.54, 1.807) is 49.9 Å². The number of para-hydroxylation sites is 1.